The van der Waals surface area contributed by atoms with Crippen molar-refractivity contribution in [2.75, 3.05) is 0 Å². The second-order valence-electron chi connectivity index (χ2n) is 4.02. The van der Waals surface area contributed by atoms with Crippen LogP contribution in [0.15, 0.2) is 70.9 Å². The van der Waals surface area contributed by atoms with Crippen LogP contribution in [-0.4, -0.2) is 0 Å². The third-order valence-electron chi connectivity index (χ3n) is 2.94. The summed E-state index contributed by atoms with van der Waals surface area (Å²) >= 11 is 0. The first-order valence-corrected chi connectivity index (χ1v) is 5.01. The molecule has 1 atom stereocenters. The average Bonchev–Trinajstić information content (AvgIpc) is 2.18. The molecule has 3 aliphatic carbocycles. The summed E-state index contributed by atoms with van der Waals surface area (Å²) in [5.41, 5.74) is 5.62. The summed E-state index contributed by atoms with van der Waals surface area (Å²) in [6.07, 6.45) is 17.7. The summed E-state index contributed by atoms with van der Waals surface area (Å²) in [6.45, 7) is 2.16. The van der Waals surface area contributed by atoms with Crippen molar-refractivity contribution in [1.29, 1.82) is 0 Å². The molecule has 0 radical (unpaired) electrons. The molecule has 1 unspecified atom stereocenters. The Labute approximate surface area is 84.3 Å². The highest BCUT2D eigenvalue weighted by Crippen LogP contribution is 2.39. The fraction of sp³-hybridized carbons (Fsp3) is 0.143. The first kappa shape index (κ1) is 7.81. The highest BCUT2D eigenvalue weighted by atomic mass is 14.3. The summed E-state index contributed by atoms with van der Waals surface area (Å²) < 4.78 is 0. The summed E-state index contributed by atoms with van der Waals surface area (Å²) in [5.74, 6) is 0.508. The maximum absolute atomic E-state index is 2.28. The lowest BCUT2D eigenvalue weighted by Crippen LogP contribution is -2.15. The van der Waals surface area contributed by atoms with Gasteiger partial charge in [-0.1, -0.05) is 54.2 Å². The molecule has 3 rings (SSSR count). The van der Waals surface area contributed by atoms with Crippen molar-refractivity contribution in [2.24, 2.45) is 5.92 Å². The number of allylic oxidation sites excluding steroid dienone is 12. The average molecular weight is 180 g/mol. The first-order chi connectivity index (χ1) is 6.84. The predicted octanol–water partition coefficient (Wildman–Crippen LogP) is 3.48. The molecule has 0 amide bonds. The summed E-state index contributed by atoms with van der Waals surface area (Å²) in [7, 11) is 0. The molecule has 3 aliphatic rings. The standard InChI is InChI=1S/C14H12/c1-10-8-12-6-2-4-11-5-3-7-13(9-10)14(11)12/h2-9,14H,1H3. The minimum Gasteiger partial charge on any atom is -0.0617 e. The Bertz CT molecular complexity index is 460. The topological polar surface area (TPSA) is 0 Å². The Kier molecular flexibility index (Phi) is 1.51. The smallest absolute Gasteiger partial charge is 0.0340 e. The zero-order valence-electron chi connectivity index (χ0n) is 8.20. The number of hydrogen-bond donors (Lipinski definition) is 0. The van der Waals surface area contributed by atoms with E-state index in [1.54, 1.807) is 0 Å². The maximum atomic E-state index is 2.28. The van der Waals surface area contributed by atoms with E-state index in [1.165, 1.54) is 22.3 Å². The van der Waals surface area contributed by atoms with Gasteiger partial charge in [-0.2, -0.15) is 0 Å². The molecule has 0 aromatic carbocycles. The van der Waals surface area contributed by atoms with Gasteiger partial charge in [0, 0.05) is 5.92 Å². The van der Waals surface area contributed by atoms with Crippen LogP contribution in [0.1, 0.15) is 6.92 Å². The van der Waals surface area contributed by atoms with Crippen LogP contribution in [0.25, 0.3) is 0 Å². The van der Waals surface area contributed by atoms with Gasteiger partial charge in [-0.3, -0.25) is 0 Å². The largest absolute Gasteiger partial charge is 0.0617 e. The van der Waals surface area contributed by atoms with Crippen LogP contribution in [-0.2, 0) is 0 Å². The van der Waals surface area contributed by atoms with Gasteiger partial charge in [0.15, 0.2) is 0 Å². The van der Waals surface area contributed by atoms with E-state index in [-0.39, 0.29) is 0 Å². The Morgan fingerprint density at radius 2 is 1.57 bits per heavy atom. The van der Waals surface area contributed by atoms with Gasteiger partial charge in [-0.15, -0.1) is 0 Å². The molecule has 0 N–H and O–H groups in total. The Morgan fingerprint density at radius 1 is 0.857 bits per heavy atom. The summed E-state index contributed by atoms with van der Waals surface area (Å²) in [6, 6.07) is 0. The first-order valence-electron chi connectivity index (χ1n) is 5.01. The zero-order valence-corrected chi connectivity index (χ0v) is 8.20. The molecular formula is C14H12. The molecule has 0 heterocycles. The molecular weight excluding hydrogens is 168 g/mol. The second-order valence-corrected chi connectivity index (χ2v) is 4.02. The summed E-state index contributed by atoms with van der Waals surface area (Å²) in [5, 5.41) is 0. The van der Waals surface area contributed by atoms with Crippen LogP contribution < -0.4 is 0 Å². The predicted molar refractivity (Wildman–Crippen MR) is 59.8 cm³/mol. The number of hydrogen-bond acceptors (Lipinski definition) is 0. The molecule has 0 heteroatoms. The van der Waals surface area contributed by atoms with Gasteiger partial charge in [0.25, 0.3) is 0 Å². The van der Waals surface area contributed by atoms with Crippen molar-refractivity contribution in [1.82, 2.24) is 0 Å². The molecule has 0 aromatic heterocycles. The molecule has 68 valence electrons. The maximum Gasteiger partial charge on any atom is 0.0340 e. The molecule has 0 spiro atoms. The van der Waals surface area contributed by atoms with E-state index in [1.807, 2.05) is 0 Å². The van der Waals surface area contributed by atoms with Crippen molar-refractivity contribution < 1.29 is 0 Å². The molecule has 0 nitrogen and oxygen atoms in total. The second kappa shape index (κ2) is 2.71. The van der Waals surface area contributed by atoms with Crippen molar-refractivity contribution in [3.63, 3.8) is 0 Å². The van der Waals surface area contributed by atoms with Gasteiger partial charge >= 0.3 is 0 Å². The van der Waals surface area contributed by atoms with Gasteiger partial charge in [0.2, 0.25) is 0 Å². The Hall–Kier alpha value is -1.56. The van der Waals surface area contributed by atoms with E-state index in [0.29, 0.717) is 5.92 Å². The van der Waals surface area contributed by atoms with E-state index < -0.39 is 0 Å². The molecule has 14 heavy (non-hydrogen) atoms. The van der Waals surface area contributed by atoms with Gasteiger partial charge in [0.1, 0.15) is 0 Å². The van der Waals surface area contributed by atoms with E-state index in [2.05, 4.69) is 55.5 Å². The number of rotatable bonds is 0. The normalized spacial score (nSPS) is 27.4. The van der Waals surface area contributed by atoms with E-state index in [4.69, 9.17) is 0 Å². The third-order valence-corrected chi connectivity index (χ3v) is 2.94. The van der Waals surface area contributed by atoms with Gasteiger partial charge in [0.05, 0.1) is 0 Å². The zero-order chi connectivity index (χ0) is 9.54. The van der Waals surface area contributed by atoms with E-state index in [9.17, 15) is 0 Å². The molecule has 0 aliphatic heterocycles. The van der Waals surface area contributed by atoms with Crippen molar-refractivity contribution in [3.8, 4) is 0 Å². The van der Waals surface area contributed by atoms with Crippen LogP contribution in [0.4, 0.5) is 0 Å². The monoisotopic (exact) mass is 180 g/mol. The quantitative estimate of drug-likeness (QED) is 0.535. The van der Waals surface area contributed by atoms with Crippen LogP contribution in [0.3, 0.4) is 0 Å². The van der Waals surface area contributed by atoms with Crippen molar-refractivity contribution in [3.05, 3.63) is 70.9 Å². The van der Waals surface area contributed by atoms with Gasteiger partial charge in [-0.05, 0) is 23.6 Å². The highest BCUT2D eigenvalue weighted by molar-refractivity contribution is 5.59. The van der Waals surface area contributed by atoms with Crippen molar-refractivity contribution >= 4 is 0 Å². The summed E-state index contributed by atoms with van der Waals surface area (Å²) in [4.78, 5) is 0. The lowest BCUT2D eigenvalue weighted by Gasteiger charge is -2.29. The van der Waals surface area contributed by atoms with E-state index >= 15 is 0 Å². The highest BCUT2D eigenvalue weighted by Gasteiger charge is 2.25. The minimum absolute atomic E-state index is 0.508. The van der Waals surface area contributed by atoms with Gasteiger partial charge in [-0.25, -0.2) is 0 Å². The fourth-order valence-corrected chi connectivity index (χ4v) is 2.39. The molecule has 0 fully saturated rings. The third kappa shape index (κ3) is 1.00. The molecule has 0 bridgehead atoms. The fourth-order valence-electron chi connectivity index (χ4n) is 2.39. The lowest BCUT2D eigenvalue weighted by atomic mass is 9.75. The lowest BCUT2D eigenvalue weighted by molar-refractivity contribution is 0.871. The van der Waals surface area contributed by atoms with Crippen LogP contribution in [0.2, 0.25) is 0 Å². The van der Waals surface area contributed by atoms with E-state index in [0.717, 1.165) is 0 Å². The van der Waals surface area contributed by atoms with Gasteiger partial charge < -0.3 is 0 Å². The van der Waals surface area contributed by atoms with Crippen LogP contribution >= 0.6 is 0 Å². The Balaban J connectivity index is 2.23. The minimum atomic E-state index is 0.508. The van der Waals surface area contributed by atoms with Crippen molar-refractivity contribution in [2.45, 2.75) is 6.92 Å². The van der Waals surface area contributed by atoms with Crippen LogP contribution in [0, 0.1) is 5.92 Å². The molecule has 0 saturated carbocycles. The SMILES string of the molecule is CC1=CC2=CC=CC3=CC=CC(=C1)C32. The molecule has 0 aromatic rings. The van der Waals surface area contributed by atoms with Crippen LogP contribution in [0.5, 0.6) is 0 Å². The Morgan fingerprint density at radius 3 is 2.43 bits per heavy atom. The molecule has 0 saturated heterocycles.